The lowest BCUT2D eigenvalue weighted by atomic mass is 10.1. The molecule has 0 saturated carbocycles. The molecule has 4 aromatic rings. The summed E-state index contributed by atoms with van der Waals surface area (Å²) in [5.74, 6) is 1.25. The molecule has 8 heteroatoms. The van der Waals surface area contributed by atoms with Crippen LogP contribution in [0, 0.1) is 10.1 Å². The average molecular weight is 555 g/mol. The average Bonchev–Trinajstić information content (AvgIpc) is 3.49. The number of unbranched alkanes of at least 4 members (excludes halogenated alkanes) is 6. The van der Waals surface area contributed by atoms with E-state index < -0.39 is 10.9 Å². The van der Waals surface area contributed by atoms with Gasteiger partial charge in [-0.3, -0.25) is 10.1 Å². The van der Waals surface area contributed by atoms with E-state index in [1.54, 1.807) is 48.5 Å². The summed E-state index contributed by atoms with van der Waals surface area (Å²) >= 11 is 0. The zero-order valence-electron chi connectivity index (χ0n) is 23.2. The Balaban J connectivity index is 1.22. The van der Waals surface area contributed by atoms with Crippen LogP contribution in [0.15, 0.2) is 89.5 Å². The maximum atomic E-state index is 12.3. The molecule has 212 valence electrons. The van der Waals surface area contributed by atoms with E-state index in [-0.39, 0.29) is 5.69 Å². The van der Waals surface area contributed by atoms with Crippen molar-refractivity contribution in [3.05, 3.63) is 101 Å². The number of carbonyl (C=O) groups is 1. The van der Waals surface area contributed by atoms with Crippen LogP contribution < -0.4 is 9.47 Å². The number of esters is 1. The van der Waals surface area contributed by atoms with Crippen molar-refractivity contribution in [3.63, 3.8) is 0 Å². The Morgan fingerprint density at radius 3 is 2.17 bits per heavy atom. The zero-order valence-corrected chi connectivity index (χ0v) is 23.2. The van der Waals surface area contributed by atoms with Crippen molar-refractivity contribution in [1.29, 1.82) is 0 Å². The maximum Gasteiger partial charge on any atom is 0.336 e. The van der Waals surface area contributed by atoms with Crippen LogP contribution in [-0.4, -0.2) is 22.7 Å². The van der Waals surface area contributed by atoms with Crippen LogP contribution >= 0.6 is 0 Å². The summed E-state index contributed by atoms with van der Waals surface area (Å²) in [4.78, 5) is 22.7. The predicted molar refractivity (Wildman–Crippen MR) is 159 cm³/mol. The number of nitro groups is 1. The third-order valence-corrected chi connectivity index (χ3v) is 6.55. The van der Waals surface area contributed by atoms with Gasteiger partial charge in [-0.1, -0.05) is 62.7 Å². The van der Waals surface area contributed by atoms with Gasteiger partial charge >= 0.3 is 5.97 Å². The second-order valence-corrected chi connectivity index (χ2v) is 9.70. The molecule has 0 unspecified atom stereocenters. The van der Waals surface area contributed by atoms with E-state index in [2.05, 4.69) is 12.1 Å². The van der Waals surface area contributed by atoms with Gasteiger partial charge < -0.3 is 14.0 Å². The maximum absolute atomic E-state index is 12.3. The van der Waals surface area contributed by atoms with Crippen LogP contribution in [0.4, 0.5) is 5.69 Å². The molecular formula is C33H34N2O6. The number of rotatable bonds is 15. The molecule has 0 amide bonds. The Bertz CT molecular complexity index is 1420. The van der Waals surface area contributed by atoms with E-state index in [0.717, 1.165) is 23.3 Å². The van der Waals surface area contributed by atoms with Gasteiger partial charge in [0.15, 0.2) is 5.76 Å². The topological polar surface area (TPSA) is 105 Å². The van der Waals surface area contributed by atoms with Crippen molar-refractivity contribution in [2.75, 3.05) is 6.61 Å². The molecule has 1 aromatic heterocycles. The first kappa shape index (κ1) is 29.3. The SMILES string of the molecule is CCCCCCCCCOc1ccc(/C=C/C(=O)Oc2ccc(-c3cc(-c4ccc([N+](=O)[O-])cc4)no3)cc2)cc1. The molecule has 1 heterocycles. The Labute approximate surface area is 239 Å². The van der Waals surface area contributed by atoms with Crippen LogP contribution in [0.1, 0.15) is 57.4 Å². The van der Waals surface area contributed by atoms with Gasteiger partial charge in [-0.05, 0) is 66.6 Å². The minimum Gasteiger partial charge on any atom is -0.494 e. The first-order valence-corrected chi connectivity index (χ1v) is 14.0. The molecule has 0 bridgehead atoms. The van der Waals surface area contributed by atoms with Gasteiger partial charge in [0.2, 0.25) is 0 Å². The number of carbonyl (C=O) groups excluding carboxylic acids is 1. The highest BCUT2D eigenvalue weighted by molar-refractivity contribution is 5.88. The molecule has 0 aliphatic rings. The Morgan fingerprint density at radius 1 is 0.854 bits per heavy atom. The van der Waals surface area contributed by atoms with E-state index in [1.807, 2.05) is 24.3 Å². The van der Waals surface area contributed by atoms with Crippen molar-refractivity contribution < 1.29 is 23.7 Å². The minimum atomic E-state index is -0.489. The molecular weight excluding hydrogens is 520 g/mol. The largest absolute Gasteiger partial charge is 0.494 e. The molecule has 0 saturated heterocycles. The van der Waals surface area contributed by atoms with E-state index >= 15 is 0 Å². The van der Waals surface area contributed by atoms with Crippen LogP contribution in [0.3, 0.4) is 0 Å². The predicted octanol–water partition coefficient (Wildman–Crippen LogP) is 8.67. The lowest BCUT2D eigenvalue weighted by Gasteiger charge is -2.06. The lowest BCUT2D eigenvalue weighted by Crippen LogP contribution is -2.03. The van der Waals surface area contributed by atoms with Crippen LogP contribution in [-0.2, 0) is 4.79 Å². The van der Waals surface area contributed by atoms with Crippen LogP contribution in [0.5, 0.6) is 11.5 Å². The van der Waals surface area contributed by atoms with Crippen LogP contribution in [0.2, 0.25) is 0 Å². The highest BCUT2D eigenvalue weighted by Gasteiger charge is 2.11. The molecule has 41 heavy (non-hydrogen) atoms. The summed E-state index contributed by atoms with van der Waals surface area (Å²) in [6, 6.07) is 22.3. The van der Waals surface area contributed by atoms with Crippen molar-refractivity contribution >= 4 is 17.7 Å². The third kappa shape index (κ3) is 9.17. The molecule has 0 aliphatic carbocycles. The van der Waals surface area contributed by atoms with Gasteiger partial charge in [0.05, 0.1) is 11.5 Å². The Kier molecular flexibility index (Phi) is 10.8. The van der Waals surface area contributed by atoms with Gasteiger partial charge in [-0.2, -0.15) is 0 Å². The normalized spacial score (nSPS) is 11.0. The molecule has 0 atom stereocenters. The fourth-order valence-corrected chi connectivity index (χ4v) is 4.23. The van der Waals surface area contributed by atoms with E-state index in [4.69, 9.17) is 14.0 Å². The number of nitrogens with zero attached hydrogens (tertiary/aromatic N) is 2. The number of nitro benzene ring substituents is 1. The number of aromatic nitrogens is 1. The minimum absolute atomic E-state index is 0.00861. The van der Waals surface area contributed by atoms with Crippen molar-refractivity contribution in [2.24, 2.45) is 0 Å². The monoisotopic (exact) mass is 554 g/mol. The second-order valence-electron chi connectivity index (χ2n) is 9.70. The summed E-state index contributed by atoms with van der Waals surface area (Å²) in [5, 5.41) is 14.9. The molecule has 8 nitrogen and oxygen atoms in total. The highest BCUT2D eigenvalue weighted by Crippen LogP contribution is 2.28. The summed E-state index contributed by atoms with van der Waals surface area (Å²) in [5.41, 5.74) is 2.89. The molecule has 0 N–H and O–H groups in total. The molecule has 3 aromatic carbocycles. The first-order valence-electron chi connectivity index (χ1n) is 14.0. The van der Waals surface area contributed by atoms with Gasteiger partial charge in [0.25, 0.3) is 5.69 Å². The van der Waals surface area contributed by atoms with Crippen molar-refractivity contribution in [2.45, 2.75) is 51.9 Å². The van der Waals surface area contributed by atoms with Crippen molar-refractivity contribution in [1.82, 2.24) is 5.16 Å². The molecule has 0 aliphatic heterocycles. The second kappa shape index (κ2) is 15.2. The number of ether oxygens (including phenoxy) is 2. The highest BCUT2D eigenvalue weighted by atomic mass is 16.6. The molecule has 0 radical (unpaired) electrons. The number of hydrogen-bond donors (Lipinski definition) is 0. The van der Waals surface area contributed by atoms with E-state index in [9.17, 15) is 14.9 Å². The first-order chi connectivity index (χ1) is 20.0. The number of hydrogen-bond acceptors (Lipinski definition) is 7. The van der Waals surface area contributed by atoms with E-state index in [1.165, 1.54) is 56.7 Å². The summed E-state index contributed by atoms with van der Waals surface area (Å²) in [6.45, 7) is 2.94. The molecule has 4 rings (SSSR count). The van der Waals surface area contributed by atoms with Crippen molar-refractivity contribution in [3.8, 4) is 34.1 Å². The molecule has 0 fully saturated rings. The number of benzene rings is 3. The third-order valence-electron chi connectivity index (χ3n) is 6.55. The van der Waals surface area contributed by atoms with Gasteiger partial charge in [0.1, 0.15) is 17.2 Å². The van der Waals surface area contributed by atoms with Gasteiger partial charge in [0, 0.05) is 35.4 Å². The quantitative estimate of drug-likeness (QED) is 0.0361. The van der Waals surface area contributed by atoms with E-state index in [0.29, 0.717) is 29.4 Å². The summed E-state index contributed by atoms with van der Waals surface area (Å²) < 4.78 is 16.7. The Morgan fingerprint density at radius 2 is 1.49 bits per heavy atom. The zero-order chi connectivity index (χ0) is 28.9. The fraction of sp³-hybridized carbons (Fsp3) is 0.273. The molecule has 0 spiro atoms. The van der Waals surface area contributed by atoms with Gasteiger partial charge in [-0.25, -0.2) is 4.79 Å². The smallest absolute Gasteiger partial charge is 0.336 e. The summed E-state index contributed by atoms with van der Waals surface area (Å²) in [7, 11) is 0. The van der Waals surface area contributed by atoms with Crippen LogP contribution in [0.25, 0.3) is 28.7 Å². The lowest BCUT2D eigenvalue weighted by molar-refractivity contribution is -0.384. The standard InChI is InChI=1S/C33H34N2O6/c1-2-3-4-5-6-7-8-23-39-29-18-9-25(10-19-29)11-22-33(36)40-30-20-14-27(15-21-30)32-24-31(34-41-32)26-12-16-28(17-13-26)35(37)38/h9-22,24H,2-8,23H2,1H3/b22-11+. The fourth-order valence-electron chi connectivity index (χ4n) is 4.23. The summed E-state index contributed by atoms with van der Waals surface area (Å²) in [6.07, 6.45) is 11.8. The Hall–Kier alpha value is -4.72. The number of non-ortho nitro benzene ring substituents is 1. The van der Waals surface area contributed by atoms with Gasteiger partial charge in [-0.15, -0.1) is 0 Å².